The van der Waals surface area contributed by atoms with Crippen LogP contribution in [0.15, 0.2) is 18.2 Å². The SMILES string of the molecule is CC(C)CNc1cccc([N+](=O)[O-])c1C#N. The van der Waals surface area contributed by atoms with E-state index in [1.165, 1.54) is 6.07 Å². The van der Waals surface area contributed by atoms with Crippen molar-refractivity contribution in [2.45, 2.75) is 13.8 Å². The summed E-state index contributed by atoms with van der Waals surface area (Å²) in [6.45, 7) is 4.72. The first-order valence-corrected chi connectivity index (χ1v) is 4.97. The van der Waals surface area contributed by atoms with Gasteiger partial charge in [-0.25, -0.2) is 0 Å². The number of rotatable bonds is 4. The maximum Gasteiger partial charge on any atom is 0.289 e. The molecule has 0 aromatic heterocycles. The fraction of sp³-hybridized carbons (Fsp3) is 0.364. The average molecular weight is 219 g/mol. The van der Waals surface area contributed by atoms with Crippen LogP contribution < -0.4 is 5.32 Å². The summed E-state index contributed by atoms with van der Waals surface area (Å²) in [5.74, 6) is 0.408. The Morgan fingerprint density at radius 1 is 1.56 bits per heavy atom. The van der Waals surface area contributed by atoms with Crippen LogP contribution in [0.3, 0.4) is 0 Å². The molecule has 16 heavy (non-hydrogen) atoms. The van der Waals surface area contributed by atoms with Crippen molar-refractivity contribution < 1.29 is 4.92 Å². The van der Waals surface area contributed by atoms with Crippen LogP contribution in [-0.2, 0) is 0 Å². The molecule has 0 unspecified atom stereocenters. The minimum atomic E-state index is -0.543. The summed E-state index contributed by atoms with van der Waals surface area (Å²) in [4.78, 5) is 10.2. The van der Waals surface area contributed by atoms with Crippen molar-refractivity contribution in [2.24, 2.45) is 5.92 Å². The molecule has 1 rings (SSSR count). The molecule has 1 aromatic rings. The first-order chi connectivity index (χ1) is 7.56. The van der Waals surface area contributed by atoms with Gasteiger partial charge in [-0.1, -0.05) is 19.9 Å². The Morgan fingerprint density at radius 3 is 2.75 bits per heavy atom. The Balaban J connectivity index is 3.06. The lowest BCUT2D eigenvalue weighted by Crippen LogP contribution is -2.09. The van der Waals surface area contributed by atoms with Gasteiger partial charge in [-0.15, -0.1) is 0 Å². The lowest BCUT2D eigenvalue weighted by molar-refractivity contribution is -0.385. The fourth-order valence-corrected chi connectivity index (χ4v) is 1.27. The fourth-order valence-electron chi connectivity index (χ4n) is 1.27. The number of nitriles is 1. The van der Waals surface area contributed by atoms with E-state index in [4.69, 9.17) is 5.26 Å². The zero-order valence-electron chi connectivity index (χ0n) is 9.23. The summed E-state index contributed by atoms with van der Waals surface area (Å²) >= 11 is 0. The maximum absolute atomic E-state index is 10.7. The van der Waals surface area contributed by atoms with Crippen molar-refractivity contribution in [3.63, 3.8) is 0 Å². The molecule has 1 N–H and O–H groups in total. The molecule has 0 aliphatic rings. The summed E-state index contributed by atoms with van der Waals surface area (Å²) in [7, 11) is 0. The number of nitrogens with zero attached hydrogens (tertiary/aromatic N) is 2. The van der Waals surface area contributed by atoms with Crippen molar-refractivity contribution in [1.82, 2.24) is 0 Å². The van der Waals surface area contributed by atoms with Gasteiger partial charge >= 0.3 is 0 Å². The third-order valence-corrected chi connectivity index (χ3v) is 2.05. The molecule has 0 saturated carbocycles. The van der Waals surface area contributed by atoms with E-state index in [0.29, 0.717) is 18.2 Å². The molecule has 1 aromatic carbocycles. The molecule has 0 heterocycles. The van der Waals surface area contributed by atoms with E-state index in [2.05, 4.69) is 5.32 Å². The third-order valence-electron chi connectivity index (χ3n) is 2.05. The van der Waals surface area contributed by atoms with Gasteiger partial charge in [0.25, 0.3) is 5.69 Å². The molecule has 0 radical (unpaired) electrons. The molecular formula is C11H13N3O2. The second kappa shape index (κ2) is 5.12. The predicted molar refractivity (Wildman–Crippen MR) is 61.1 cm³/mol. The van der Waals surface area contributed by atoms with Gasteiger partial charge in [0.05, 0.1) is 10.6 Å². The molecule has 84 valence electrons. The van der Waals surface area contributed by atoms with Crippen LogP contribution in [0.5, 0.6) is 0 Å². The van der Waals surface area contributed by atoms with Crippen LogP contribution in [-0.4, -0.2) is 11.5 Å². The normalized spacial score (nSPS) is 9.88. The maximum atomic E-state index is 10.7. The Labute approximate surface area is 93.9 Å². The van der Waals surface area contributed by atoms with Crippen molar-refractivity contribution in [2.75, 3.05) is 11.9 Å². The monoisotopic (exact) mass is 219 g/mol. The quantitative estimate of drug-likeness (QED) is 0.623. The number of nitro groups is 1. The molecule has 0 aliphatic heterocycles. The Morgan fingerprint density at radius 2 is 2.25 bits per heavy atom. The molecule has 0 bridgehead atoms. The van der Waals surface area contributed by atoms with Gasteiger partial charge in [0.1, 0.15) is 6.07 Å². The number of hydrogen-bond donors (Lipinski definition) is 1. The van der Waals surface area contributed by atoms with Crippen molar-refractivity contribution >= 4 is 11.4 Å². The highest BCUT2D eigenvalue weighted by Crippen LogP contribution is 2.25. The van der Waals surface area contributed by atoms with Crippen LogP contribution in [0.4, 0.5) is 11.4 Å². The van der Waals surface area contributed by atoms with Crippen LogP contribution in [0.1, 0.15) is 19.4 Å². The topological polar surface area (TPSA) is 79.0 Å². The number of nitrogens with one attached hydrogen (secondary N) is 1. The van der Waals surface area contributed by atoms with Crippen LogP contribution in [0, 0.1) is 27.4 Å². The first-order valence-electron chi connectivity index (χ1n) is 4.97. The lowest BCUT2D eigenvalue weighted by Gasteiger charge is -2.10. The highest BCUT2D eigenvalue weighted by molar-refractivity contribution is 5.66. The summed E-state index contributed by atoms with van der Waals surface area (Å²) in [6, 6.07) is 6.44. The van der Waals surface area contributed by atoms with Crippen LogP contribution in [0.2, 0.25) is 0 Å². The Kier molecular flexibility index (Phi) is 3.84. The van der Waals surface area contributed by atoms with Crippen molar-refractivity contribution in [1.29, 1.82) is 5.26 Å². The molecule has 0 spiro atoms. The van der Waals surface area contributed by atoms with E-state index in [9.17, 15) is 10.1 Å². The zero-order chi connectivity index (χ0) is 12.1. The molecule has 5 heteroatoms. The smallest absolute Gasteiger partial charge is 0.289 e. The van der Waals surface area contributed by atoms with Crippen molar-refractivity contribution in [3.8, 4) is 6.07 Å². The second-order valence-electron chi connectivity index (χ2n) is 3.84. The third kappa shape index (κ3) is 2.70. The molecule has 0 saturated heterocycles. The van der Waals surface area contributed by atoms with Gasteiger partial charge in [0, 0.05) is 12.6 Å². The number of benzene rings is 1. The predicted octanol–water partition coefficient (Wildman–Crippen LogP) is 2.53. The van der Waals surface area contributed by atoms with E-state index >= 15 is 0 Å². The zero-order valence-corrected chi connectivity index (χ0v) is 9.23. The van der Waals surface area contributed by atoms with Gasteiger partial charge < -0.3 is 5.32 Å². The molecule has 5 nitrogen and oxygen atoms in total. The van der Waals surface area contributed by atoms with E-state index in [1.807, 2.05) is 19.9 Å². The van der Waals surface area contributed by atoms with Crippen LogP contribution >= 0.6 is 0 Å². The van der Waals surface area contributed by atoms with E-state index in [0.717, 1.165) is 0 Å². The Hall–Kier alpha value is -2.09. The summed E-state index contributed by atoms with van der Waals surface area (Å²) in [5.41, 5.74) is 0.454. The molecule has 0 aliphatic carbocycles. The number of nitro benzene ring substituents is 1. The van der Waals surface area contributed by atoms with E-state index < -0.39 is 4.92 Å². The summed E-state index contributed by atoms with van der Waals surface area (Å²) < 4.78 is 0. The molecule has 0 fully saturated rings. The minimum absolute atomic E-state index is 0.0909. The van der Waals surface area contributed by atoms with E-state index in [-0.39, 0.29) is 11.3 Å². The van der Waals surface area contributed by atoms with Crippen LogP contribution in [0.25, 0.3) is 0 Å². The largest absolute Gasteiger partial charge is 0.384 e. The van der Waals surface area contributed by atoms with Gasteiger partial charge in [-0.05, 0) is 12.0 Å². The highest BCUT2D eigenvalue weighted by atomic mass is 16.6. The van der Waals surface area contributed by atoms with Crippen molar-refractivity contribution in [3.05, 3.63) is 33.9 Å². The summed E-state index contributed by atoms with van der Waals surface area (Å²) in [5, 5.41) is 22.6. The Bertz CT molecular complexity index is 435. The van der Waals surface area contributed by atoms with Gasteiger partial charge in [-0.2, -0.15) is 5.26 Å². The lowest BCUT2D eigenvalue weighted by atomic mass is 10.1. The standard InChI is InChI=1S/C11H13N3O2/c1-8(2)7-13-10-4-3-5-11(14(15)16)9(10)6-12/h3-5,8,13H,7H2,1-2H3. The second-order valence-corrected chi connectivity index (χ2v) is 3.84. The van der Waals surface area contributed by atoms with Gasteiger partial charge in [-0.3, -0.25) is 10.1 Å². The minimum Gasteiger partial charge on any atom is -0.384 e. The average Bonchev–Trinajstić information content (AvgIpc) is 2.25. The first kappa shape index (κ1) is 12.0. The molecular weight excluding hydrogens is 206 g/mol. The van der Waals surface area contributed by atoms with E-state index in [1.54, 1.807) is 12.1 Å². The molecule has 0 atom stereocenters. The van der Waals surface area contributed by atoms with Gasteiger partial charge in [0.2, 0.25) is 0 Å². The number of hydrogen-bond acceptors (Lipinski definition) is 4. The summed E-state index contributed by atoms with van der Waals surface area (Å²) in [6.07, 6.45) is 0. The number of anilines is 1. The van der Waals surface area contributed by atoms with Gasteiger partial charge in [0.15, 0.2) is 5.56 Å². The highest BCUT2D eigenvalue weighted by Gasteiger charge is 2.16. The molecule has 0 amide bonds.